The highest BCUT2D eigenvalue weighted by Gasteiger charge is 2.11. The molecular formula is C28H21N5O3. The molecule has 1 amide bonds. The van der Waals surface area contributed by atoms with Crippen molar-refractivity contribution in [2.75, 3.05) is 10.6 Å². The zero-order valence-corrected chi connectivity index (χ0v) is 19.1. The van der Waals surface area contributed by atoms with Crippen molar-refractivity contribution in [1.29, 1.82) is 0 Å². The number of anilines is 3. The molecule has 2 heterocycles. The van der Waals surface area contributed by atoms with E-state index in [0.29, 0.717) is 27.8 Å². The Bertz CT molecular complexity index is 1540. The van der Waals surface area contributed by atoms with E-state index in [-0.39, 0.29) is 11.6 Å². The number of amides is 1. The lowest BCUT2D eigenvalue weighted by Crippen LogP contribution is -2.11. The number of nitrogens with one attached hydrogen (secondary N) is 2. The van der Waals surface area contributed by atoms with Gasteiger partial charge in [0.15, 0.2) is 0 Å². The van der Waals surface area contributed by atoms with Gasteiger partial charge in [0.25, 0.3) is 11.6 Å². The van der Waals surface area contributed by atoms with Crippen molar-refractivity contribution in [1.82, 2.24) is 9.97 Å². The summed E-state index contributed by atoms with van der Waals surface area (Å²) in [6, 6.07) is 25.0. The molecule has 0 atom stereocenters. The minimum Gasteiger partial charge on any atom is -0.355 e. The third-order valence-corrected chi connectivity index (χ3v) is 5.73. The Morgan fingerprint density at radius 3 is 2.22 bits per heavy atom. The van der Waals surface area contributed by atoms with Gasteiger partial charge in [0.2, 0.25) is 0 Å². The zero-order chi connectivity index (χ0) is 24.9. The van der Waals surface area contributed by atoms with Crippen LogP contribution in [0.4, 0.5) is 22.7 Å². The molecule has 2 N–H and O–H groups in total. The second-order valence-corrected chi connectivity index (χ2v) is 8.20. The van der Waals surface area contributed by atoms with E-state index in [1.54, 1.807) is 55.0 Å². The summed E-state index contributed by atoms with van der Waals surface area (Å²) in [7, 11) is 0. The summed E-state index contributed by atoms with van der Waals surface area (Å²) in [5.74, 6) is -0.214. The van der Waals surface area contributed by atoms with E-state index in [2.05, 4.69) is 20.6 Å². The summed E-state index contributed by atoms with van der Waals surface area (Å²) in [5, 5.41) is 18.0. The van der Waals surface area contributed by atoms with Crippen LogP contribution in [-0.4, -0.2) is 20.8 Å². The van der Waals surface area contributed by atoms with E-state index in [0.717, 1.165) is 17.7 Å². The fourth-order valence-corrected chi connectivity index (χ4v) is 3.86. The Hall–Kier alpha value is -5.11. The third kappa shape index (κ3) is 5.18. The molecule has 5 aromatic rings. The monoisotopic (exact) mass is 475 g/mol. The molecule has 176 valence electrons. The van der Waals surface area contributed by atoms with Crippen molar-refractivity contribution in [3.05, 3.63) is 130 Å². The first-order valence-corrected chi connectivity index (χ1v) is 11.2. The van der Waals surface area contributed by atoms with Crippen LogP contribution < -0.4 is 10.6 Å². The van der Waals surface area contributed by atoms with Crippen molar-refractivity contribution < 1.29 is 9.72 Å². The van der Waals surface area contributed by atoms with Gasteiger partial charge in [0.05, 0.1) is 10.4 Å². The fraction of sp³-hybridized carbons (Fsp3) is 0.0357. The molecule has 0 fully saturated rings. The lowest BCUT2D eigenvalue weighted by molar-refractivity contribution is -0.384. The van der Waals surface area contributed by atoms with Crippen LogP contribution in [-0.2, 0) is 6.42 Å². The Labute approximate surface area is 206 Å². The number of nitro groups is 1. The number of non-ortho nitro benzene ring substituents is 1. The number of carbonyl (C=O) groups excluding carboxylic acids is 1. The predicted octanol–water partition coefficient (Wildman–Crippen LogP) is 6.12. The second kappa shape index (κ2) is 10.0. The maximum atomic E-state index is 12.7. The van der Waals surface area contributed by atoms with Crippen LogP contribution in [0.5, 0.6) is 0 Å². The Morgan fingerprint density at radius 1 is 0.806 bits per heavy atom. The van der Waals surface area contributed by atoms with Gasteiger partial charge in [-0.1, -0.05) is 12.1 Å². The number of nitrogens with zero attached hydrogens (tertiary/aromatic N) is 3. The molecule has 0 spiro atoms. The summed E-state index contributed by atoms with van der Waals surface area (Å²) in [4.78, 5) is 31.8. The average Bonchev–Trinajstić information content (AvgIpc) is 2.91. The second-order valence-electron chi connectivity index (χ2n) is 8.20. The smallest absolute Gasteiger partial charge is 0.270 e. The molecule has 0 bridgehead atoms. The number of pyridine rings is 2. The molecule has 0 saturated carbocycles. The van der Waals surface area contributed by atoms with E-state index in [1.165, 1.54) is 17.7 Å². The van der Waals surface area contributed by atoms with Crippen LogP contribution in [0.2, 0.25) is 0 Å². The number of benzene rings is 3. The quantitative estimate of drug-likeness (QED) is 0.217. The van der Waals surface area contributed by atoms with Gasteiger partial charge in [0, 0.05) is 58.7 Å². The first-order valence-electron chi connectivity index (χ1n) is 11.2. The first-order chi connectivity index (χ1) is 17.5. The van der Waals surface area contributed by atoms with Gasteiger partial charge in [-0.25, -0.2) is 0 Å². The number of fused-ring (bicyclic) bond motifs is 1. The van der Waals surface area contributed by atoms with Crippen molar-refractivity contribution in [3.63, 3.8) is 0 Å². The third-order valence-electron chi connectivity index (χ3n) is 5.73. The number of carbonyl (C=O) groups is 1. The maximum absolute atomic E-state index is 12.7. The molecule has 0 saturated heterocycles. The number of hydrogen-bond acceptors (Lipinski definition) is 6. The Kier molecular flexibility index (Phi) is 6.31. The Morgan fingerprint density at radius 2 is 1.50 bits per heavy atom. The molecule has 8 heteroatoms. The molecule has 0 radical (unpaired) electrons. The summed E-state index contributed by atoms with van der Waals surface area (Å²) in [5.41, 5.74) is 5.61. The van der Waals surface area contributed by atoms with Crippen molar-refractivity contribution in [3.8, 4) is 0 Å². The number of rotatable bonds is 7. The number of aromatic nitrogens is 2. The maximum Gasteiger partial charge on any atom is 0.270 e. The summed E-state index contributed by atoms with van der Waals surface area (Å²) >= 11 is 0. The summed E-state index contributed by atoms with van der Waals surface area (Å²) in [6.07, 6.45) is 5.98. The molecule has 5 rings (SSSR count). The van der Waals surface area contributed by atoms with Crippen LogP contribution in [0, 0.1) is 10.1 Å². The van der Waals surface area contributed by atoms with Gasteiger partial charge in [-0.2, -0.15) is 0 Å². The van der Waals surface area contributed by atoms with E-state index in [9.17, 15) is 14.9 Å². The van der Waals surface area contributed by atoms with Gasteiger partial charge in [-0.3, -0.25) is 24.9 Å². The van der Waals surface area contributed by atoms with Gasteiger partial charge >= 0.3 is 0 Å². The molecular weight excluding hydrogens is 454 g/mol. The van der Waals surface area contributed by atoms with Gasteiger partial charge in [-0.15, -0.1) is 0 Å². The molecule has 36 heavy (non-hydrogen) atoms. The summed E-state index contributed by atoms with van der Waals surface area (Å²) in [6.45, 7) is 0. The molecule has 0 aliphatic carbocycles. The van der Waals surface area contributed by atoms with E-state index in [4.69, 9.17) is 0 Å². The standard InChI is InChI=1S/C28H21N5O3/c34-28(32-23-5-1-19(2-6-23)17-20-11-14-29-15-12-20)21-3-7-22(8-4-21)31-27-13-16-30-26-10-9-24(33(35)36)18-25(26)27/h1-16,18H,17H2,(H,30,31)(H,32,34). The van der Waals surface area contributed by atoms with E-state index in [1.807, 2.05) is 36.4 Å². The predicted molar refractivity (Wildman–Crippen MR) is 140 cm³/mol. The van der Waals surface area contributed by atoms with Gasteiger partial charge in [0.1, 0.15) is 0 Å². The molecule has 0 unspecified atom stereocenters. The van der Waals surface area contributed by atoms with Crippen LogP contribution >= 0.6 is 0 Å². The Balaban J connectivity index is 1.25. The zero-order valence-electron chi connectivity index (χ0n) is 19.1. The molecule has 2 aromatic heterocycles. The van der Waals surface area contributed by atoms with Crippen molar-refractivity contribution >= 4 is 39.6 Å². The summed E-state index contributed by atoms with van der Waals surface area (Å²) < 4.78 is 0. The van der Waals surface area contributed by atoms with Crippen molar-refractivity contribution in [2.45, 2.75) is 6.42 Å². The molecule has 8 nitrogen and oxygen atoms in total. The largest absolute Gasteiger partial charge is 0.355 e. The average molecular weight is 476 g/mol. The SMILES string of the molecule is O=C(Nc1ccc(Cc2ccncc2)cc1)c1ccc(Nc2ccnc3ccc([N+](=O)[O-])cc23)cc1. The fourth-order valence-electron chi connectivity index (χ4n) is 3.86. The van der Waals surface area contributed by atoms with Gasteiger partial charge < -0.3 is 10.6 Å². The highest BCUT2D eigenvalue weighted by molar-refractivity contribution is 6.04. The normalized spacial score (nSPS) is 10.7. The minimum absolute atomic E-state index is 0.00373. The topological polar surface area (TPSA) is 110 Å². The van der Waals surface area contributed by atoms with E-state index >= 15 is 0 Å². The lowest BCUT2D eigenvalue weighted by Gasteiger charge is -2.11. The van der Waals surface area contributed by atoms with Crippen LogP contribution in [0.1, 0.15) is 21.5 Å². The highest BCUT2D eigenvalue weighted by Crippen LogP contribution is 2.28. The van der Waals surface area contributed by atoms with Crippen LogP contribution in [0.15, 0.2) is 104 Å². The molecule has 0 aliphatic heterocycles. The van der Waals surface area contributed by atoms with Crippen molar-refractivity contribution in [2.24, 2.45) is 0 Å². The molecule has 3 aromatic carbocycles. The molecule has 0 aliphatic rings. The minimum atomic E-state index is -0.432. The lowest BCUT2D eigenvalue weighted by atomic mass is 10.1. The highest BCUT2D eigenvalue weighted by atomic mass is 16.6. The number of hydrogen-bond donors (Lipinski definition) is 2. The van der Waals surface area contributed by atoms with Crippen LogP contribution in [0.3, 0.4) is 0 Å². The first kappa shape index (κ1) is 22.7. The van der Waals surface area contributed by atoms with Crippen LogP contribution in [0.25, 0.3) is 10.9 Å². The van der Waals surface area contributed by atoms with Gasteiger partial charge in [-0.05, 0) is 78.2 Å². The number of nitro benzene ring substituents is 1. The van der Waals surface area contributed by atoms with E-state index < -0.39 is 4.92 Å².